The normalized spacial score (nSPS) is 12.8. The third-order valence-corrected chi connectivity index (χ3v) is 3.71. The second kappa shape index (κ2) is 6.53. The molecule has 0 spiro atoms. The summed E-state index contributed by atoms with van der Waals surface area (Å²) in [6.07, 6.45) is -0.457. The van der Waals surface area contributed by atoms with Crippen molar-refractivity contribution in [1.82, 2.24) is 0 Å². The zero-order chi connectivity index (χ0) is 16.3. The average Bonchev–Trinajstić information content (AvgIpc) is 2.47. The van der Waals surface area contributed by atoms with Gasteiger partial charge in [0.25, 0.3) is 0 Å². The van der Waals surface area contributed by atoms with Crippen molar-refractivity contribution < 1.29 is 9.53 Å². The van der Waals surface area contributed by atoms with Gasteiger partial charge in [-0.3, -0.25) is 4.79 Å². The van der Waals surface area contributed by atoms with Crippen molar-refractivity contribution in [3.63, 3.8) is 0 Å². The number of Topliss-reactive ketones (excluding diaryl/α,β-unsaturated/α-hetero) is 1. The minimum absolute atomic E-state index is 0.0919. The van der Waals surface area contributed by atoms with E-state index in [4.69, 9.17) is 16.3 Å². The average molecular weight is 317 g/mol. The van der Waals surface area contributed by atoms with Crippen molar-refractivity contribution in [1.29, 1.82) is 0 Å². The number of ether oxygens (including phenoxy) is 1. The van der Waals surface area contributed by atoms with Crippen LogP contribution >= 0.6 is 11.6 Å². The van der Waals surface area contributed by atoms with Crippen LogP contribution in [-0.2, 0) is 4.79 Å². The fraction of sp³-hybridized carbons (Fsp3) is 0.316. The molecule has 22 heavy (non-hydrogen) atoms. The van der Waals surface area contributed by atoms with Gasteiger partial charge in [-0.1, -0.05) is 56.6 Å². The highest BCUT2D eigenvalue weighted by Crippen LogP contribution is 2.25. The molecule has 0 aromatic heterocycles. The molecule has 0 aliphatic heterocycles. The summed E-state index contributed by atoms with van der Waals surface area (Å²) in [5.74, 6) is 0.789. The van der Waals surface area contributed by atoms with Gasteiger partial charge in [0.1, 0.15) is 5.75 Å². The van der Waals surface area contributed by atoms with Crippen molar-refractivity contribution in [2.75, 3.05) is 0 Å². The summed E-state index contributed by atoms with van der Waals surface area (Å²) >= 11 is 5.90. The minimum atomic E-state index is -0.457. The molecule has 0 saturated carbocycles. The second-order valence-corrected chi connectivity index (χ2v) is 6.84. The minimum Gasteiger partial charge on any atom is -0.483 e. The predicted molar refractivity (Wildman–Crippen MR) is 91.4 cm³/mol. The fourth-order valence-corrected chi connectivity index (χ4v) is 2.36. The van der Waals surface area contributed by atoms with Gasteiger partial charge in [0.2, 0.25) is 0 Å². The molecule has 0 radical (unpaired) electrons. The van der Waals surface area contributed by atoms with Gasteiger partial charge in [-0.15, -0.1) is 0 Å². The summed E-state index contributed by atoms with van der Waals surface area (Å²) in [6.45, 7) is 7.50. The maximum Gasteiger partial charge on any atom is 0.178 e. The van der Waals surface area contributed by atoms with E-state index in [0.717, 1.165) is 16.1 Å². The van der Waals surface area contributed by atoms with Crippen LogP contribution in [0.4, 0.5) is 0 Å². The topological polar surface area (TPSA) is 26.3 Å². The SMILES string of the molecule is CC(Oc1ccc(-c2ccc(Cl)cc2)cc1)C(=O)C(C)(C)C. The quantitative estimate of drug-likeness (QED) is 0.756. The Kier molecular flexibility index (Phi) is 4.92. The zero-order valence-electron chi connectivity index (χ0n) is 13.4. The first-order valence-electron chi connectivity index (χ1n) is 7.34. The smallest absolute Gasteiger partial charge is 0.178 e. The number of hydrogen-bond donors (Lipinski definition) is 0. The first-order valence-corrected chi connectivity index (χ1v) is 7.72. The van der Waals surface area contributed by atoms with E-state index in [1.165, 1.54) is 0 Å². The molecule has 2 aromatic rings. The monoisotopic (exact) mass is 316 g/mol. The van der Waals surface area contributed by atoms with Crippen LogP contribution in [0.5, 0.6) is 5.75 Å². The third-order valence-electron chi connectivity index (χ3n) is 3.45. The van der Waals surface area contributed by atoms with Gasteiger partial charge in [0, 0.05) is 10.4 Å². The third kappa shape index (κ3) is 4.11. The molecule has 1 atom stereocenters. The van der Waals surface area contributed by atoms with Gasteiger partial charge in [-0.25, -0.2) is 0 Å². The summed E-state index contributed by atoms with van der Waals surface area (Å²) in [5.41, 5.74) is 1.77. The van der Waals surface area contributed by atoms with Gasteiger partial charge in [0.15, 0.2) is 11.9 Å². The van der Waals surface area contributed by atoms with Crippen molar-refractivity contribution in [2.45, 2.75) is 33.8 Å². The predicted octanol–water partition coefficient (Wildman–Crippen LogP) is 5.39. The number of hydrogen-bond acceptors (Lipinski definition) is 2. The van der Waals surface area contributed by atoms with Gasteiger partial charge >= 0.3 is 0 Å². The van der Waals surface area contributed by atoms with Crippen LogP contribution in [0, 0.1) is 5.41 Å². The van der Waals surface area contributed by atoms with E-state index < -0.39 is 11.5 Å². The Morgan fingerprint density at radius 3 is 1.86 bits per heavy atom. The zero-order valence-corrected chi connectivity index (χ0v) is 14.1. The molecule has 0 saturated heterocycles. The summed E-state index contributed by atoms with van der Waals surface area (Å²) < 4.78 is 5.74. The van der Waals surface area contributed by atoms with Crippen molar-refractivity contribution in [2.24, 2.45) is 5.41 Å². The van der Waals surface area contributed by atoms with Gasteiger partial charge < -0.3 is 4.74 Å². The van der Waals surface area contributed by atoms with E-state index in [1.54, 1.807) is 6.92 Å². The van der Waals surface area contributed by atoms with Crippen LogP contribution in [0.25, 0.3) is 11.1 Å². The highest BCUT2D eigenvalue weighted by Gasteiger charge is 2.27. The molecule has 0 N–H and O–H groups in total. The number of carbonyl (C=O) groups is 1. The summed E-state index contributed by atoms with van der Waals surface area (Å²) in [4.78, 5) is 12.2. The molecule has 0 aliphatic rings. The van der Waals surface area contributed by atoms with E-state index in [9.17, 15) is 4.79 Å². The van der Waals surface area contributed by atoms with Crippen LogP contribution in [0.1, 0.15) is 27.7 Å². The van der Waals surface area contributed by atoms with Crippen LogP contribution in [-0.4, -0.2) is 11.9 Å². The van der Waals surface area contributed by atoms with Crippen molar-refractivity contribution in [3.05, 3.63) is 53.6 Å². The van der Waals surface area contributed by atoms with Crippen LogP contribution in [0.3, 0.4) is 0 Å². The molecule has 2 rings (SSSR count). The molecule has 0 heterocycles. The molecule has 2 aromatic carbocycles. The van der Waals surface area contributed by atoms with E-state index in [0.29, 0.717) is 5.75 Å². The Morgan fingerprint density at radius 2 is 1.41 bits per heavy atom. The summed E-state index contributed by atoms with van der Waals surface area (Å²) in [5, 5.41) is 0.721. The Hall–Kier alpha value is -1.80. The lowest BCUT2D eigenvalue weighted by Gasteiger charge is -2.22. The van der Waals surface area contributed by atoms with Crippen LogP contribution in [0.2, 0.25) is 5.02 Å². The van der Waals surface area contributed by atoms with Gasteiger partial charge in [-0.05, 0) is 42.3 Å². The Morgan fingerprint density at radius 1 is 0.955 bits per heavy atom. The maximum absolute atomic E-state index is 12.2. The standard InChI is InChI=1S/C19H21ClO2/c1-13(18(21)19(2,3)4)22-17-11-7-15(8-12-17)14-5-9-16(20)10-6-14/h5-13H,1-4H3. The van der Waals surface area contributed by atoms with Crippen LogP contribution < -0.4 is 4.74 Å². The second-order valence-electron chi connectivity index (χ2n) is 6.41. The highest BCUT2D eigenvalue weighted by molar-refractivity contribution is 6.30. The maximum atomic E-state index is 12.2. The molecule has 0 amide bonds. The van der Waals surface area contributed by atoms with Gasteiger partial charge in [-0.2, -0.15) is 0 Å². The molecule has 0 fully saturated rings. The Labute approximate surface area is 137 Å². The first kappa shape index (κ1) is 16.6. The molecule has 0 bridgehead atoms. The number of ketones is 1. The van der Waals surface area contributed by atoms with Crippen LogP contribution in [0.15, 0.2) is 48.5 Å². The van der Waals surface area contributed by atoms with E-state index >= 15 is 0 Å². The van der Waals surface area contributed by atoms with Gasteiger partial charge in [0.05, 0.1) is 0 Å². The lowest BCUT2D eigenvalue weighted by molar-refractivity contribution is -0.132. The highest BCUT2D eigenvalue weighted by atomic mass is 35.5. The Balaban J connectivity index is 2.09. The molecule has 116 valence electrons. The molecule has 3 heteroatoms. The molecular weight excluding hydrogens is 296 g/mol. The van der Waals surface area contributed by atoms with E-state index in [-0.39, 0.29) is 5.78 Å². The summed E-state index contributed by atoms with van der Waals surface area (Å²) in [7, 11) is 0. The van der Waals surface area contributed by atoms with E-state index in [1.807, 2.05) is 69.3 Å². The molecule has 0 aliphatic carbocycles. The molecule has 1 unspecified atom stereocenters. The van der Waals surface area contributed by atoms with E-state index in [2.05, 4.69) is 0 Å². The number of rotatable bonds is 4. The molecular formula is C19H21ClO2. The Bertz CT molecular complexity index is 637. The van der Waals surface area contributed by atoms with Crippen molar-refractivity contribution >= 4 is 17.4 Å². The summed E-state index contributed by atoms with van der Waals surface area (Å²) in [6, 6.07) is 15.4. The van der Waals surface area contributed by atoms with Crippen molar-refractivity contribution in [3.8, 4) is 16.9 Å². The number of halogens is 1. The number of benzene rings is 2. The lowest BCUT2D eigenvalue weighted by atomic mass is 9.88. The number of carbonyl (C=O) groups excluding carboxylic acids is 1. The fourth-order valence-electron chi connectivity index (χ4n) is 2.24. The largest absolute Gasteiger partial charge is 0.483 e. The molecule has 2 nitrogen and oxygen atoms in total. The lowest BCUT2D eigenvalue weighted by Crippen LogP contribution is -2.34. The first-order chi connectivity index (χ1) is 10.3.